The third-order valence-corrected chi connectivity index (χ3v) is 1.04. The van der Waals surface area contributed by atoms with Crippen molar-refractivity contribution in [3.05, 3.63) is 0 Å². The molecular weight excluding hydrogens is 90.1 g/mol. The Labute approximate surface area is 43.9 Å². The fraction of sp³-hybridized carbons (Fsp3) is 1.00. The van der Waals surface area contributed by atoms with Gasteiger partial charge in [0.15, 0.2) is 0 Å². The highest BCUT2D eigenvalue weighted by Gasteiger charge is 2.06. The van der Waals surface area contributed by atoms with Crippen LogP contribution in [0.25, 0.3) is 0 Å². The molecule has 2 nitrogen and oxygen atoms in total. The Bertz CT molecular complexity index is 50.0. The number of rotatable bonds is 0. The quantitative estimate of drug-likeness (QED) is 0.420. The predicted molar refractivity (Wildman–Crippen MR) is 27.3 cm³/mol. The van der Waals surface area contributed by atoms with Crippen molar-refractivity contribution in [2.75, 3.05) is 19.8 Å². The Hall–Kier alpha value is -0.0800. The van der Waals surface area contributed by atoms with Gasteiger partial charge in [-0.1, -0.05) is 0 Å². The van der Waals surface area contributed by atoms with E-state index in [2.05, 4.69) is 12.2 Å². The molecule has 1 heterocycles. The van der Waals surface area contributed by atoms with Crippen molar-refractivity contribution < 1.29 is 4.74 Å². The number of nitrogens with zero attached hydrogens (tertiary/aromatic N) is 1. The van der Waals surface area contributed by atoms with E-state index in [0.29, 0.717) is 6.04 Å². The maximum Gasteiger partial charge on any atom is 0.0633 e. The van der Waals surface area contributed by atoms with Crippen LogP contribution in [-0.4, -0.2) is 25.8 Å². The molecule has 2 heteroatoms. The molecule has 0 aliphatic carbocycles. The van der Waals surface area contributed by atoms with Crippen molar-refractivity contribution in [1.82, 2.24) is 5.32 Å². The summed E-state index contributed by atoms with van der Waals surface area (Å²) in [5.74, 6) is 0. The van der Waals surface area contributed by atoms with Crippen LogP contribution in [0.3, 0.4) is 0 Å². The maximum atomic E-state index is 5.09. The Morgan fingerprint density at radius 1 is 1.71 bits per heavy atom. The molecule has 0 bridgehead atoms. The van der Waals surface area contributed by atoms with E-state index in [1.165, 1.54) is 0 Å². The van der Waals surface area contributed by atoms with Gasteiger partial charge in [-0.3, -0.25) is 0 Å². The first-order valence-corrected chi connectivity index (χ1v) is 2.64. The van der Waals surface area contributed by atoms with Crippen molar-refractivity contribution in [3.8, 4) is 0 Å². The third-order valence-electron chi connectivity index (χ3n) is 1.04. The van der Waals surface area contributed by atoms with Gasteiger partial charge in [-0.2, -0.15) is 0 Å². The largest absolute Gasteiger partial charge is 0.378 e. The predicted octanol–water partition coefficient (Wildman–Crippen LogP) is 0.00950. The molecule has 0 aromatic rings. The molecular formula is C5H10NO. The molecule has 1 rings (SSSR count). The van der Waals surface area contributed by atoms with Crippen molar-refractivity contribution in [2.45, 2.75) is 13.0 Å². The molecule has 1 radical (unpaired) electrons. The van der Waals surface area contributed by atoms with Gasteiger partial charge in [0.25, 0.3) is 0 Å². The molecule has 0 N–H and O–H groups in total. The zero-order valence-electron chi connectivity index (χ0n) is 4.55. The molecule has 41 valence electrons. The molecule has 0 unspecified atom stereocenters. The Morgan fingerprint density at radius 2 is 2.57 bits per heavy atom. The van der Waals surface area contributed by atoms with E-state index in [0.717, 1.165) is 19.8 Å². The fourth-order valence-electron chi connectivity index (χ4n) is 0.644. The van der Waals surface area contributed by atoms with Crippen molar-refractivity contribution >= 4 is 0 Å². The lowest BCUT2D eigenvalue weighted by molar-refractivity contribution is 0.0801. The molecule has 1 saturated heterocycles. The van der Waals surface area contributed by atoms with Gasteiger partial charge in [-0.05, 0) is 6.92 Å². The van der Waals surface area contributed by atoms with E-state index in [4.69, 9.17) is 4.74 Å². The Kier molecular flexibility index (Phi) is 1.65. The van der Waals surface area contributed by atoms with Crippen LogP contribution in [0, 0.1) is 0 Å². The van der Waals surface area contributed by atoms with Crippen LogP contribution in [0.2, 0.25) is 0 Å². The molecule has 1 fully saturated rings. The summed E-state index contributed by atoms with van der Waals surface area (Å²) in [4.78, 5) is 0. The van der Waals surface area contributed by atoms with Gasteiger partial charge in [0.05, 0.1) is 13.2 Å². The molecule has 0 saturated carbocycles. The highest BCUT2D eigenvalue weighted by molar-refractivity contribution is 4.61. The second-order valence-corrected chi connectivity index (χ2v) is 1.83. The minimum Gasteiger partial charge on any atom is -0.378 e. The molecule has 7 heavy (non-hydrogen) atoms. The van der Waals surface area contributed by atoms with E-state index in [1.807, 2.05) is 0 Å². The second kappa shape index (κ2) is 2.28. The first-order chi connectivity index (χ1) is 3.39. The summed E-state index contributed by atoms with van der Waals surface area (Å²) in [7, 11) is 0. The van der Waals surface area contributed by atoms with Crippen molar-refractivity contribution in [1.29, 1.82) is 0 Å². The lowest BCUT2D eigenvalue weighted by Gasteiger charge is -2.17. The van der Waals surface area contributed by atoms with Crippen LogP contribution in [0.5, 0.6) is 0 Å². The van der Waals surface area contributed by atoms with Crippen LogP contribution in [0.15, 0.2) is 0 Å². The van der Waals surface area contributed by atoms with E-state index in [-0.39, 0.29) is 0 Å². The van der Waals surface area contributed by atoms with E-state index in [1.54, 1.807) is 0 Å². The fourth-order valence-corrected chi connectivity index (χ4v) is 0.644. The van der Waals surface area contributed by atoms with Gasteiger partial charge in [0.2, 0.25) is 0 Å². The summed E-state index contributed by atoms with van der Waals surface area (Å²) in [5.41, 5.74) is 0. The minimum atomic E-state index is 0.439. The number of morpholine rings is 1. The molecule has 0 spiro atoms. The lowest BCUT2D eigenvalue weighted by atomic mass is 10.3. The third kappa shape index (κ3) is 1.45. The van der Waals surface area contributed by atoms with Crippen LogP contribution in [-0.2, 0) is 4.74 Å². The normalized spacial score (nSPS) is 33.0. The molecule has 0 aromatic heterocycles. The van der Waals surface area contributed by atoms with Gasteiger partial charge in [-0.25, -0.2) is 5.32 Å². The van der Waals surface area contributed by atoms with Crippen LogP contribution >= 0.6 is 0 Å². The SMILES string of the molecule is C[C@@H]1COCC[N]1. The molecule has 1 aliphatic rings. The van der Waals surface area contributed by atoms with Crippen LogP contribution < -0.4 is 5.32 Å². The summed E-state index contributed by atoms with van der Waals surface area (Å²) >= 11 is 0. The van der Waals surface area contributed by atoms with Gasteiger partial charge in [0, 0.05) is 12.6 Å². The molecule has 0 aromatic carbocycles. The molecule has 1 atom stereocenters. The first-order valence-electron chi connectivity index (χ1n) is 2.64. The van der Waals surface area contributed by atoms with Crippen LogP contribution in [0.4, 0.5) is 0 Å². The number of hydrogen-bond acceptors (Lipinski definition) is 1. The summed E-state index contributed by atoms with van der Waals surface area (Å²) in [6.07, 6.45) is 0. The van der Waals surface area contributed by atoms with E-state index < -0.39 is 0 Å². The zero-order valence-corrected chi connectivity index (χ0v) is 4.55. The van der Waals surface area contributed by atoms with Gasteiger partial charge in [-0.15, -0.1) is 0 Å². The van der Waals surface area contributed by atoms with E-state index >= 15 is 0 Å². The first kappa shape index (κ1) is 5.06. The van der Waals surface area contributed by atoms with Gasteiger partial charge in [0.1, 0.15) is 0 Å². The smallest absolute Gasteiger partial charge is 0.0633 e. The summed E-state index contributed by atoms with van der Waals surface area (Å²) in [6, 6.07) is 0.439. The van der Waals surface area contributed by atoms with Crippen molar-refractivity contribution in [2.24, 2.45) is 0 Å². The molecule has 1 aliphatic heterocycles. The number of ether oxygens (including phenoxy) is 1. The summed E-state index contributed by atoms with van der Waals surface area (Å²) in [5, 5.41) is 4.20. The molecule has 0 amide bonds. The Balaban J connectivity index is 2.12. The zero-order chi connectivity index (χ0) is 5.11. The van der Waals surface area contributed by atoms with Crippen LogP contribution in [0.1, 0.15) is 6.92 Å². The van der Waals surface area contributed by atoms with Crippen molar-refractivity contribution in [3.63, 3.8) is 0 Å². The van der Waals surface area contributed by atoms with Gasteiger partial charge >= 0.3 is 0 Å². The van der Waals surface area contributed by atoms with Gasteiger partial charge < -0.3 is 4.74 Å². The van der Waals surface area contributed by atoms with E-state index in [9.17, 15) is 0 Å². The topological polar surface area (TPSA) is 23.3 Å². The standard InChI is InChI=1S/C5H10NO/c1-5-4-7-3-2-6-5/h5H,2-4H2,1H3/t5-/m1/s1. The average Bonchev–Trinajstić information content (AvgIpc) is 1.69. The maximum absolute atomic E-state index is 5.09. The Morgan fingerprint density at radius 3 is 2.86 bits per heavy atom. The second-order valence-electron chi connectivity index (χ2n) is 1.83. The summed E-state index contributed by atoms with van der Waals surface area (Å²) in [6.45, 7) is 4.60. The number of hydrogen-bond donors (Lipinski definition) is 0. The minimum absolute atomic E-state index is 0.439. The highest BCUT2D eigenvalue weighted by atomic mass is 16.5. The average molecular weight is 100 g/mol. The lowest BCUT2D eigenvalue weighted by Crippen LogP contribution is -2.33. The highest BCUT2D eigenvalue weighted by Crippen LogP contribution is 1.90. The summed E-state index contributed by atoms with van der Waals surface area (Å²) < 4.78 is 5.09. The monoisotopic (exact) mass is 100 g/mol.